The molecule has 0 aromatic heterocycles. The summed E-state index contributed by atoms with van der Waals surface area (Å²) in [6, 6.07) is 11.0. The molecule has 6 heteroatoms. The van der Waals surface area contributed by atoms with Crippen LogP contribution >= 0.6 is 0 Å². The Kier molecular flexibility index (Phi) is 5.91. The highest BCUT2D eigenvalue weighted by molar-refractivity contribution is 5.96. The molecule has 0 saturated heterocycles. The van der Waals surface area contributed by atoms with Gasteiger partial charge >= 0.3 is 0 Å². The Bertz CT molecular complexity index is 864. The number of phenols is 1. The molecule has 0 spiro atoms. The summed E-state index contributed by atoms with van der Waals surface area (Å²) in [5.74, 6) is 0.0186. The molecule has 3 rings (SSSR count). The van der Waals surface area contributed by atoms with Crippen LogP contribution in [-0.2, 0) is 19.5 Å². The van der Waals surface area contributed by atoms with E-state index < -0.39 is 0 Å². The molecule has 1 aliphatic rings. The number of aromatic hydroxyl groups is 1. The standard InChI is InChI=1S/C22H28N2O4/c1-22(2,9-8-15-6-7-19(26)20(27)12-15)24-13-16-4-3-5-17(18(16)14-24)21(28)23-10-11-25/h3-7,12,25-27H,8-11,13-14H2,1-2H3,(H,23,28)/p+1. The Hall–Kier alpha value is -2.57. The van der Waals surface area contributed by atoms with Crippen LogP contribution in [0.15, 0.2) is 36.4 Å². The van der Waals surface area contributed by atoms with E-state index in [0.717, 1.165) is 30.5 Å². The van der Waals surface area contributed by atoms with Crippen LogP contribution in [0.4, 0.5) is 0 Å². The summed E-state index contributed by atoms with van der Waals surface area (Å²) in [4.78, 5) is 14.8. The van der Waals surface area contributed by atoms with Crippen LogP contribution in [0.3, 0.4) is 0 Å². The number of hydrogen-bond acceptors (Lipinski definition) is 4. The molecule has 5 N–H and O–H groups in total. The monoisotopic (exact) mass is 385 g/mol. The van der Waals surface area contributed by atoms with Gasteiger partial charge in [-0.2, -0.15) is 0 Å². The Balaban J connectivity index is 1.69. The van der Waals surface area contributed by atoms with E-state index in [1.807, 2.05) is 18.2 Å². The van der Waals surface area contributed by atoms with Gasteiger partial charge in [0.05, 0.1) is 6.61 Å². The van der Waals surface area contributed by atoms with E-state index in [2.05, 4.69) is 30.1 Å². The van der Waals surface area contributed by atoms with E-state index in [0.29, 0.717) is 12.1 Å². The minimum absolute atomic E-state index is 0.00464. The highest BCUT2D eigenvalue weighted by Gasteiger charge is 2.33. The molecule has 1 aliphatic heterocycles. The van der Waals surface area contributed by atoms with Crippen LogP contribution in [0.2, 0.25) is 0 Å². The second kappa shape index (κ2) is 8.20. The van der Waals surface area contributed by atoms with Crippen molar-refractivity contribution in [2.24, 2.45) is 0 Å². The summed E-state index contributed by atoms with van der Waals surface area (Å²) in [5, 5.41) is 29.0. The highest BCUT2D eigenvalue weighted by Crippen LogP contribution is 2.34. The number of aliphatic hydroxyl groups is 1. The zero-order chi connectivity index (χ0) is 20.3. The average Bonchev–Trinajstić information content (AvgIpc) is 3.12. The maximum Gasteiger partial charge on any atom is 0.296 e. The first kappa shape index (κ1) is 20.2. The van der Waals surface area contributed by atoms with Crippen molar-refractivity contribution in [2.45, 2.75) is 45.3 Å². The number of nitrogens with one attached hydrogen (secondary N) is 1. The van der Waals surface area contributed by atoms with E-state index >= 15 is 0 Å². The fourth-order valence-corrected chi connectivity index (χ4v) is 3.67. The Morgan fingerprint density at radius 2 is 2.04 bits per heavy atom. The molecule has 1 heterocycles. The number of hydrogen-bond donors (Lipinski definition) is 3. The van der Waals surface area contributed by atoms with Crippen LogP contribution in [0.1, 0.15) is 47.3 Å². The second-order valence-electron chi connectivity index (χ2n) is 7.94. The number of fused-ring (bicyclic) bond motifs is 1. The summed E-state index contributed by atoms with van der Waals surface area (Å²) in [6.07, 6.45) is 1.72. The second-order valence-corrected chi connectivity index (χ2v) is 7.94. The molecule has 0 unspecified atom stereocenters. The zero-order valence-corrected chi connectivity index (χ0v) is 16.5. The molecule has 150 valence electrons. The van der Waals surface area contributed by atoms with E-state index in [1.54, 1.807) is 12.1 Å². The maximum absolute atomic E-state index is 12.4. The normalized spacial score (nSPS) is 14.1. The van der Waals surface area contributed by atoms with Gasteiger partial charge < -0.3 is 20.6 Å². The van der Waals surface area contributed by atoms with Crippen molar-refractivity contribution in [3.63, 3.8) is 0 Å². The third kappa shape index (κ3) is 4.29. The number of carbonyl (C=O) groups is 1. The van der Waals surface area contributed by atoms with Gasteiger partial charge in [-0.3, -0.25) is 9.69 Å². The molecule has 6 nitrogen and oxygen atoms in total. The predicted octanol–water partition coefficient (Wildman–Crippen LogP) is 2.28. The van der Waals surface area contributed by atoms with Crippen LogP contribution in [0.5, 0.6) is 11.5 Å². The number of rotatable bonds is 7. The van der Waals surface area contributed by atoms with Crippen molar-refractivity contribution in [2.75, 3.05) is 13.2 Å². The van der Waals surface area contributed by atoms with Crippen molar-refractivity contribution >= 4 is 5.91 Å². The van der Waals surface area contributed by atoms with Crippen molar-refractivity contribution < 1.29 is 20.1 Å². The average molecular weight is 385 g/mol. The molecule has 28 heavy (non-hydrogen) atoms. The van der Waals surface area contributed by atoms with Crippen molar-refractivity contribution in [3.8, 4) is 11.5 Å². The highest BCUT2D eigenvalue weighted by atomic mass is 16.3. The minimum atomic E-state index is -0.141. The summed E-state index contributed by atoms with van der Waals surface area (Å²) in [5.41, 5.74) is 3.86. The lowest BCUT2D eigenvalue weighted by Gasteiger charge is -2.35. The summed E-state index contributed by atoms with van der Waals surface area (Å²) >= 11 is 0. The third-order valence-corrected chi connectivity index (χ3v) is 5.57. The molecule has 2 aromatic rings. The lowest BCUT2D eigenvalue weighted by Crippen LogP contribution is -2.40. The first-order chi connectivity index (χ1) is 13.3. The lowest BCUT2D eigenvalue weighted by molar-refractivity contribution is 0.0936. The van der Waals surface area contributed by atoms with Gasteiger partial charge in [0.2, 0.25) is 5.75 Å². The van der Waals surface area contributed by atoms with Gasteiger partial charge in [-0.05, 0) is 55.5 Å². The van der Waals surface area contributed by atoms with E-state index in [4.69, 9.17) is 10.2 Å². The van der Waals surface area contributed by atoms with Gasteiger partial charge in [0.1, 0.15) is 0 Å². The van der Waals surface area contributed by atoms with Crippen LogP contribution in [-0.4, -0.2) is 44.8 Å². The fraction of sp³-hybridized carbons (Fsp3) is 0.409. The first-order valence-corrected chi connectivity index (χ1v) is 9.60. The summed E-state index contributed by atoms with van der Waals surface area (Å²) in [6.45, 7) is 6.09. The van der Waals surface area contributed by atoms with Crippen LogP contribution < -0.4 is 5.32 Å². The Morgan fingerprint density at radius 3 is 2.75 bits per heavy atom. The molecule has 0 radical (unpaired) electrons. The Morgan fingerprint density at radius 1 is 1.25 bits per heavy atom. The van der Waals surface area contributed by atoms with E-state index in [-0.39, 0.29) is 36.1 Å². The lowest BCUT2D eigenvalue weighted by atomic mass is 9.93. The third-order valence-electron chi connectivity index (χ3n) is 5.57. The molecule has 0 aliphatic carbocycles. The van der Waals surface area contributed by atoms with Crippen molar-refractivity contribution in [1.29, 1.82) is 0 Å². The maximum atomic E-state index is 12.4. The van der Waals surface area contributed by atoms with Gasteiger partial charge in [-0.25, -0.2) is 0 Å². The molecule has 0 atom stereocenters. The molecule has 2 aromatic carbocycles. The van der Waals surface area contributed by atoms with Crippen LogP contribution in [0, 0.1) is 0 Å². The van der Waals surface area contributed by atoms with Gasteiger partial charge in [-0.1, -0.05) is 18.2 Å². The number of aryl methyl sites for hydroxylation is 1. The first-order valence-electron chi connectivity index (χ1n) is 9.60. The molecular weight excluding hydrogens is 356 g/mol. The van der Waals surface area contributed by atoms with Gasteiger partial charge in [0, 0.05) is 36.8 Å². The molecule has 0 bridgehead atoms. The number of benzene rings is 2. The van der Waals surface area contributed by atoms with E-state index in [9.17, 15) is 9.90 Å². The van der Waals surface area contributed by atoms with Gasteiger partial charge in [0.25, 0.3) is 11.7 Å². The molecule has 0 saturated carbocycles. The smallest absolute Gasteiger partial charge is 0.296 e. The molecule has 1 amide bonds. The number of aliphatic hydroxyl groups excluding tert-OH is 1. The summed E-state index contributed by atoms with van der Waals surface area (Å²) in [7, 11) is 0. The topological polar surface area (TPSA) is 95.7 Å². The fourth-order valence-electron chi connectivity index (χ4n) is 3.67. The molecular formula is C22H29N2O4+. The summed E-state index contributed by atoms with van der Waals surface area (Å²) < 4.78 is 0. The quantitative estimate of drug-likeness (QED) is 0.637. The SMILES string of the molecule is CC(C)(CCc1ccc(O)c([OH2+])c1)N1Cc2cccc(C(=O)NCCO)c2C1. The zero-order valence-electron chi connectivity index (χ0n) is 16.5. The van der Waals surface area contributed by atoms with Crippen LogP contribution in [0.25, 0.3) is 0 Å². The predicted molar refractivity (Wildman–Crippen MR) is 109 cm³/mol. The van der Waals surface area contributed by atoms with Gasteiger partial charge in [0.15, 0.2) is 0 Å². The molecule has 0 fully saturated rings. The Labute approximate surface area is 165 Å². The minimum Gasteiger partial charge on any atom is -0.591 e. The van der Waals surface area contributed by atoms with E-state index in [1.165, 1.54) is 5.56 Å². The van der Waals surface area contributed by atoms with Crippen molar-refractivity contribution in [1.82, 2.24) is 10.2 Å². The number of amides is 1. The largest absolute Gasteiger partial charge is 0.591 e. The van der Waals surface area contributed by atoms with Crippen molar-refractivity contribution in [3.05, 3.63) is 58.7 Å². The number of carbonyl (C=O) groups excluding carboxylic acids is 1. The number of nitrogens with zero attached hydrogens (tertiary/aromatic N) is 1. The van der Waals surface area contributed by atoms with Gasteiger partial charge in [-0.15, -0.1) is 0 Å². The number of phenolic OH excluding ortho intramolecular Hbond substituents is 1.